The predicted octanol–water partition coefficient (Wildman–Crippen LogP) is 2.84. The van der Waals surface area contributed by atoms with Gasteiger partial charge in [0.15, 0.2) is 6.10 Å². The first-order chi connectivity index (χ1) is 7.49. The fourth-order valence-electron chi connectivity index (χ4n) is 1.13. The smallest absolute Gasteiger partial charge is 0.339 e. The first-order valence-corrected chi connectivity index (χ1v) is 5.64. The quantitative estimate of drug-likeness (QED) is 0.690. The average Bonchev–Trinajstić information content (AvgIpc) is 2.24. The van der Waals surface area contributed by atoms with Crippen LogP contribution in [0.3, 0.4) is 0 Å². The van der Waals surface area contributed by atoms with Gasteiger partial charge < -0.3 is 9.84 Å². The molecule has 0 radical (unpaired) electrons. The zero-order valence-electron chi connectivity index (χ0n) is 8.34. The van der Waals surface area contributed by atoms with Crippen LogP contribution in [0.1, 0.15) is 18.6 Å². The molecule has 1 N–H and O–H groups in total. The zero-order valence-corrected chi connectivity index (χ0v) is 10.7. The van der Waals surface area contributed by atoms with Gasteiger partial charge in [-0.2, -0.15) is 0 Å². The Morgan fingerprint density at radius 2 is 2.31 bits per heavy atom. The molecule has 6 heteroatoms. The third-order valence-corrected chi connectivity index (χ3v) is 2.80. The van der Waals surface area contributed by atoms with E-state index in [1.807, 2.05) is 0 Å². The molecule has 88 valence electrons. The van der Waals surface area contributed by atoms with Gasteiger partial charge >= 0.3 is 5.97 Å². The zero-order chi connectivity index (χ0) is 12.3. The number of esters is 1. The van der Waals surface area contributed by atoms with Crippen LogP contribution in [-0.2, 0) is 9.53 Å². The number of benzene rings is 1. The lowest BCUT2D eigenvalue weighted by Crippen LogP contribution is -2.17. The first kappa shape index (κ1) is 13.4. The lowest BCUT2D eigenvalue weighted by atomic mass is 10.1. The summed E-state index contributed by atoms with van der Waals surface area (Å²) in [5.74, 6) is -1.70. The predicted molar refractivity (Wildman–Crippen MR) is 60.7 cm³/mol. The average molecular weight is 312 g/mol. The molecule has 0 spiro atoms. The van der Waals surface area contributed by atoms with Gasteiger partial charge in [0.2, 0.25) is 0 Å². The fraction of sp³-hybridized carbons (Fsp3) is 0.300. The highest BCUT2D eigenvalue weighted by atomic mass is 79.9. The van der Waals surface area contributed by atoms with E-state index in [-0.39, 0.29) is 21.7 Å². The molecule has 1 atom stereocenters. The second-order valence-electron chi connectivity index (χ2n) is 2.91. The lowest BCUT2D eigenvalue weighted by molar-refractivity contribution is -0.153. The van der Waals surface area contributed by atoms with Crippen LogP contribution in [0.15, 0.2) is 16.6 Å². The minimum atomic E-state index is -1.72. The molecule has 3 nitrogen and oxygen atoms in total. The van der Waals surface area contributed by atoms with Crippen molar-refractivity contribution in [3.05, 3.63) is 33.0 Å². The van der Waals surface area contributed by atoms with Gasteiger partial charge in [0.1, 0.15) is 5.82 Å². The van der Waals surface area contributed by atoms with Crippen molar-refractivity contribution in [2.75, 3.05) is 6.61 Å². The fourth-order valence-corrected chi connectivity index (χ4v) is 1.73. The van der Waals surface area contributed by atoms with Gasteiger partial charge in [-0.25, -0.2) is 9.18 Å². The van der Waals surface area contributed by atoms with Crippen molar-refractivity contribution in [2.24, 2.45) is 0 Å². The van der Waals surface area contributed by atoms with Gasteiger partial charge in [-0.05, 0) is 35.0 Å². The molecule has 0 amide bonds. The van der Waals surface area contributed by atoms with Crippen molar-refractivity contribution >= 4 is 33.5 Å². The third kappa shape index (κ3) is 2.72. The Morgan fingerprint density at radius 1 is 1.69 bits per heavy atom. The number of carbonyl (C=O) groups excluding carboxylic acids is 1. The molecule has 1 aromatic carbocycles. The Labute approximate surface area is 105 Å². The first-order valence-electron chi connectivity index (χ1n) is 4.47. The van der Waals surface area contributed by atoms with Crippen LogP contribution in [0.5, 0.6) is 0 Å². The molecule has 0 aliphatic heterocycles. The van der Waals surface area contributed by atoms with E-state index in [9.17, 15) is 14.3 Å². The SMILES string of the molecule is CCOC(=O)C(O)c1c(Cl)ccc(Br)c1F. The van der Waals surface area contributed by atoms with Crippen molar-refractivity contribution in [2.45, 2.75) is 13.0 Å². The summed E-state index contributed by atoms with van der Waals surface area (Å²) in [6.07, 6.45) is -1.72. The van der Waals surface area contributed by atoms with Gasteiger partial charge in [0.25, 0.3) is 0 Å². The highest BCUT2D eigenvalue weighted by molar-refractivity contribution is 9.10. The molecule has 0 aromatic heterocycles. The van der Waals surface area contributed by atoms with Crippen molar-refractivity contribution in [3.8, 4) is 0 Å². The molecule has 0 bridgehead atoms. The summed E-state index contributed by atoms with van der Waals surface area (Å²) in [7, 11) is 0. The van der Waals surface area contributed by atoms with E-state index in [1.165, 1.54) is 12.1 Å². The number of carbonyl (C=O) groups is 1. The van der Waals surface area contributed by atoms with Crippen LogP contribution < -0.4 is 0 Å². The van der Waals surface area contributed by atoms with E-state index in [0.29, 0.717) is 0 Å². The maximum absolute atomic E-state index is 13.6. The summed E-state index contributed by atoms with van der Waals surface area (Å²) >= 11 is 8.65. The second-order valence-corrected chi connectivity index (χ2v) is 4.17. The summed E-state index contributed by atoms with van der Waals surface area (Å²) in [5.41, 5.74) is -0.283. The van der Waals surface area contributed by atoms with E-state index < -0.39 is 17.9 Å². The van der Waals surface area contributed by atoms with Gasteiger partial charge in [0.05, 0.1) is 11.1 Å². The van der Waals surface area contributed by atoms with E-state index in [2.05, 4.69) is 20.7 Å². The Morgan fingerprint density at radius 3 is 2.88 bits per heavy atom. The highest BCUT2D eigenvalue weighted by Gasteiger charge is 2.26. The number of rotatable bonds is 3. The number of halogens is 3. The number of hydrogen-bond acceptors (Lipinski definition) is 3. The van der Waals surface area contributed by atoms with Gasteiger partial charge in [-0.3, -0.25) is 0 Å². The molecular weight excluding hydrogens is 302 g/mol. The molecule has 1 aromatic rings. The summed E-state index contributed by atoms with van der Waals surface area (Å²) in [5, 5.41) is 9.56. The highest BCUT2D eigenvalue weighted by Crippen LogP contribution is 2.31. The maximum atomic E-state index is 13.6. The molecule has 0 heterocycles. The molecule has 0 saturated carbocycles. The van der Waals surface area contributed by atoms with Gasteiger partial charge in [-0.1, -0.05) is 11.6 Å². The Bertz CT molecular complexity index is 411. The molecule has 0 aliphatic rings. The number of aliphatic hydroxyl groups is 1. The number of hydrogen-bond donors (Lipinski definition) is 1. The second kappa shape index (κ2) is 5.61. The summed E-state index contributed by atoms with van der Waals surface area (Å²) in [6.45, 7) is 1.69. The number of aliphatic hydroxyl groups excluding tert-OH is 1. The Kier molecular flexibility index (Phi) is 4.70. The lowest BCUT2D eigenvalue weighted by Gasteiger charge is -2.13. The Balaban J connectivity index is 3.12. The molecular formula is C10H9BrClFO3. The van der Waals surface area contributed by atoms with Crippen LogP contribution in [0.25, 0.3) is 0 Å². The normalized spacial score (nSPS) is 12.3. The molecule has 16 heavy (non-hydrogen) atoms. The maximum Gasteiger partial charge on any atom is 0.339 e. The molecule has 1 unspecified atom stereocenters. The van der Waals surface area contributed by atoms with Crippen molar-refractivity contribution in [1.29, 1.82) is 0 Å². The third-order valence-electron chi connectivity index (χ3n) is 1.86. The largest absolute Gasteiger partial charge is 0.464 e. The standard InChI is InChI=1S/C10H9BrClFO3/c1-2-16-10(15)9(14)7-6(12)4-3-5(11)8(7)13/h3-4,9,14H,2H2,1H3. The molecule has 0 saturated heterocycles. The topological polar surface area (TPSA) is 46.5 Å². The monoisotopic (exact) mass is 310 g/mol. The Hall–Kier alpha value is -0.650. The number of ether oxygens (including phenoxy) is 1. The van der Waals surface area contributed by atoms with Gasteiger partial charge in [-0.15, -0.1) is 0 Å². The minimum absolute atomic E-state index is 0.0266. The van der Waals surface area contributed by atoms with E-state index >= 15 is 0 Å². The van der Waals surface area contributed by atoms with Gasteiger partial charge in [0, 0.05) is 10.6 Å². The summed E-state index contributed by atoms with van der Waals surface area (Å²) < 4.78 is 18.3. The van der Waals surface area contributed by atoms with E-state index in [1.54, 1.807) is 6.92 Å². The van der Waals surface area contributed by atoms with Crippen LogP contribution in [0.4, 0.5) is 4.39 Å². The van der Waals surface area contributed by atoms with E-state index in [0.717, 1.165) is 0 Å². The molecule has 0 fully saturated rings. The van der Waals surface area contributed by atoms with Crippen molar-refractivity contribution in [3.63, 3.8) is 0 Å². The van der Waals surface area contributed by atoms with Crippen LogP contribution >= 0.6 is 27.5 Å². The van der Waals surface area contributed by atoms with Crippen LogP contribution in [0, 0.1) is 5.82 Å². The van der Waals surface area contributed by atoms with E-state index in [4.69, 9.17) is 11.6 Å². The van der Waals surface area contributed by atoms with Crippen LogP contribution in [0.2, 0.25) is 5.02 Å². The van der Waals surface area contributed by atoms with Crippen LogP contribution in [-0.4, -0.2) is 17.7 Å². The molecule has 0 aliphatic carbocycles. The summed E-state index contributed by atoms with van der Waals surface area (Å²) in [6, 6.07) is 2.77. The minimum Gasteiger partial charge on any atom is -0.464 e. The molecule has 1 rings (SSSR count). The van der Waals surface area contributed by atoms with Crippen molar-refractivity contribution < 1.29 is 19.0 Å². The summed E-state index contributed by atoms with van der Waals surface area (Å²) in [4.78, 5) is 11.2. The van der Waals surface area contributed by atoms with Crippen molar-refractivity contribution in [1.82, 2.24) is 0 Å².